The SMILES string of the molecule is CCNC(=NCC(c1cccc(F)c1)N(C)C)NCCCCOCC.I. The molecule has 0 radical (unpaired) electrons. The fourth-order valence-electron chi connectivity index (χ4n) is 2.48. The van der Waals surface area contributed by atoms with Crippen LogP contribution in [0, 0.1) is 5.82 Å². The number of guanidine groups is 1. The fourth-order valence-corrected chi connectivity index (χ4v) is 2.48. The summed E-state index contributed by atoms with van der Waals surface area (Å²) >= 11 is 0. The first kappa shape index (κ1) is 25.1. The Kier molecular flexibility index (Phi) is 14.6. The molecule has 1 atom stereocenters. The van der Waals surface area contributed by atoms with Gasteiger partial charge in [-0.05, 0) is 58.5 Å². The highest BCUT2D eigenvalue weighted by Crippen LogP contribution is 2.19. The lowest BCUT2D eigenvalue weighted by Crippen LogP contribution is -2.38. The van der Waals surface area contributed by atoms with Gasteiger partial charge in [-0.3, -0.25) is 4.99 Å². The lowest BCUT2D eigenvalue weighted by molar-refractivity contribution is 0.143. The summed E-state index contributed by atoms with van der Waals surface area (Å²) in [4.78, 5) is 6.73. The minimum atomic E-state index is -0.215. The Hall–Kier alpha value is -0.930. The largest absolute Gasteiger partial charge is 0.382 e. The predicted molar refractivity (Wildman–Crippen MR) is 118 cm³/mol. The number of unbranched alkanes of at least 4 members (excludes halogenated alkanes) is 1. The second-order valence-electron chi connectivity index (χ2n) is 6.08. The molecule has 1 aromatic rings. The number of likely N-dealkylation sites (N-methyl/N-ethyl adjacent to an activating group) is 1. The molecule has 2 N–H and O–H groups in total. The van der Waals surface area contributed by atoms with Crippen molar-refractivity contribution in [1.82, 2.24) is 15.5 Å². The summed E-state index contributed by atoms with van der Waals surface area (Å²) in [5.41, 5.74) is 0.932. The van der Waals surface area contributed by atoms with Gasteiger partial charge in [0.25, 0.3) is 0 Å². The van der Waals surface area contributed by atoms with Crippen molar-refractivity contribution in [2.45, 2.75) is 32.7 Å². The van der Waals surface area contributed by atoms with Gasteiger partial charge in [0.2, 0.25) is 0 Å². The van der Waals surface area contributed by atoms with Crippen molar-refractivity contribution in [2.75, 3.05) is 46.9 Å². The van der Waals surface area contributed by atoms with E-state index < -0.39 is 0 Å². The Labute approximate surface area is 174 Å². The number of halogens is 2. The van der Waals surface area contributed by atoms with Gasteiger partial charge in [-0.1, -0.05) is 12.1 Å². The number of benzene rings is 1. The van der Waals surface area contributed by atoms with Crippen LogP contribution in [0.3, 0.4) is 0 Å². The zero-order chi connectivity index (χ0) is 18.5. The number of hydrogen-bond acceptors (Lipinski definition) is 3. The van der Waals surface area contributed by atoms with Crippen LogP contribution < -0.4 is 10.6 Å². The van der Waals surface area contributed by atoms with Crippen LogP contribution in [0.1, 0.15) is 38.3 Å². The molecule has 0 aliphatic carbocycles. The third-order valence-corrected chi connectivity index (χ3v) is 3.84. The molecule has 0 fully saturated rings. The normalized spacial score (nSPS) is 12.6. The Morgan fingerprint density at radius 3 is 2.62 bits per heavy atom. The van der Waals surface area contributed by atoms with Crippen molar-refractivity contribution >= 4 is 29.9 Å². The summed E-state index contributed by atoms with van der Waals surface area (Å²) in [5, 5.41) is 6.60. The minimum Gasteiger partial charge on any atom is -0.382 e. The fraction of sp³-hybridized carbons (Fsp3) is 0.632. The maximum atomic E-state index is 13.5. The molecule has 26 heavy (non-hydrogen) atoms. The summed E-state index contributed by atoms with van der Waals surface area (Å²) in [5.74, 6) is 0.579. The van der Waals surface area contributed by atoms with Gasteiger partial charge < -0.3 is 20.3 Å². The number of ether oxygens (including phenoxy) is 1. The molecule has 1 aromatic carbocycles. The van der Waals surface area contributed by atoms with Gasteiger partial charge in [0.1, 0.15) is 5.82 Å². The van der Waals surface area contributed by atoms with E-state index in [-0.39, 0.29) is 35.8 Å². The Morgan fingerprint density at radius 2 is 2.00 bits per heavy atom. The monoisotopic (exact) mass is 480 g/mol. The second kappa shape index (κ2) is 15.2. The standard InChI is InChI=1S/C19H33FN4O.HI/c1-5-21-19(22-12-7-8-13-25-6-2)23-15-18(24(3)4)16-10-9-11-17(20)14-16;/h9-11,14,18H,5-8,12-13,15H2,1-4H3,(H2,21,22,23);1H. The number of rotatable bonds is 11. The number of aliphatic imine (C=N–C) groups is 1. The van der Waals surface area contributed by atoms with Crippen LogP contribution in [0.4, 0.5) is 4.39 Å². The smallest absolute Gasteiger partial charge is 0.191 e. The zero-order valence-corrected chi connectivity index (χ0v) is 18.8. The van der Waals surface area contributed by atoms with Crippen LogP contribution >= 0.6 is 24.0 Å². The average Bonchev–Trinajstić information content (AvgIpc) is 2.57. The average molecular weight is 480 g/mol. The molecule has 0 heterocycles. The van der Waals surface area contributed by atoms with Gasteiger partial charge in [-0.15, -0.1) is 24.0 Å². The first-order valence-electron chi connectivity index (χ1n) is 9.10. The van der Waals surface area contributed by atoms with Crippen molar-refractivity contribution in [3.8, 4) is 0 Å². The molecule has 0 saturated heterocycles. The van der Waals surface area contributed by atoms with Gasteiger partial charge in [0.05, 0.1) is 12.6 Å². The van der Waals surface area contributed by atoms with Crippen LogP contribution in [0.15, 0.2) is 29.3 Å². The molecule has 1 unspecified atom stereocenters. The van der Waals surface area contributed by atoms with Gasteiger partial charge in [0, 0.05) is 26.3 Å². The molecule has 0 amide bonds. The highest BCUT2D eigenvalue weighted by atomic mass is 127. The molecule has 0 aliphatic rings. The van der Waals surface area contributed by atoms with Crippen LogP contribution in [0.2, 0.25) is 0 Å². The molecule has 0 saturated carbocycles. The molecule has 0 aliphatic heterocycles. The molecular weight excluding hydrogens is 446 g/mol. The van der Waals surface area contributed by atoms with Crippen LogP contribution in [-0.2, 0) is 4.74 Å². The topological polar surface area (TPSA) is 48.9 Å². The van der Waals surface area contributed by atoms with E-state index in [1.54, 1.807) is 12.1 Å². The summed E-state index contributed by atoms with van der Waals surface area (Å²) in [6, 6.07) is 6.76. The van der Waals surface area contributed by atoms with Gasteiger partial charge in [-0.25, -0.2) is 4.39 Å². The molecule has 0 aromatic heterocycles. The third kappa shape index (κ3) is 10.3. The van der Waals surface area contributed by atoms with E-state index in [4.69, 9.17) is 4.74 Å². The van der Waals surface area contributed by atoms with Crippen molar-refractivity contribution in [1.29, 1.82) is 0 Å². The number of nitrogens with one attached hydrogen (secondary N) is 2. The van der Waals surface area contributed by atoms with Crippen LogP contribution in [0.5, 0.6) is 0 Å². The molecule has 0 spiro atoms. The maximum absolute atomic E-state index is 13.5. The van der Waals surface area contributed by atoms with Gasteiger partial charge >= 0.3 is 0 Å². The summed E-state index contributed by atoms with van der Waals surface area (Å²) in [7, 11) is 3.97. The Balaban J connectivity index is 0.00000625. The van der Waals surface area contributed by atoms with E-state index >= 15 is 0 Å². The van der Waals surface area contributed by atoms with Crippen molar-refractivity contribution in [3.05, 3.63) is 35.6 Å². The summed E-state index contributed by atoms with van der Waals surface area (Å²) < 4.78 is 18.9. The lowest BCUT2D eigenvalue weighted by atomic mass is 10.1. The highest BCUT2D eigenvalue weighted by Gasteiger charge is 2.14. The third-order valence-electron chi connectivity index (χ3n) is 3.84. The summed E-state index contributed by atoms with van der Waals surface area (Å²) in [6.45, 7) is 7.83. The van der Waals surface area contributed by atoms with E-state index in [0.29, 0.717) is 6.54 Å². The van der Waals surface area contributed by atoms with E-state index in [9.17, 15) is 4.39 Å². The minimum absolute atomic E-state index is 0. The first-order valence-corrected chi connectivity index (χ1v) is 9.10. The lowest BCUT2D eigenvalue weighted by Gasteiger charge is -2.23. The van der Waals surface area contributed by atoms with Crippen molar-refractivity contribution < 1.29 is 9.13 Å². The van der Waals surface area contributed by atoms with E-state index in [0.717, 1.165) is 50.7 Å². The predicted octanol–water partition coefficient (Wildman–Crippen LogP) is 3.42. The van der Waals surface area contributed by atoms with Gasteiger partial charge in [0.15, 0.2) is 5.96 Å². The molecule has 0 bridgehead atoms. The number of hydrogen-bond donors (Lipinski definition) is 2. The number of nitrogens with zero attached hydrogens (tertiary/aromatic N) is 2. The van der Waals surface area contributed by atoms with E-state index in [2.05, 4.69) is 20.5 Å². The first-order chi connectivity index (χ1) is 12.1. The maximum Gasteiger partial charge on any atom is 0.191 e. The Morgan fingerprint density at radius 1 is 1.23 bits per heavy atom. The zero-order valence-electron chi connectivity index (χ0n) is 16.4. The van der Waals surface area contributed by atoms with Gasteiger partial charge in [-0.2, -0.15) is 0 Å². The second-order valence-corrected chi connectivity index (χ2v) is 6.08. The Bertz CT molecular complexity index is 514. The molecule has 7 heteroatoms. The van der Waals surface area contributed by atoms with Crippen molar-refractivity contribution in [3.63, 3.8) is 0 Å². The van der Waals surface area contributed by atoms with E-state index in [1.165, 1.54) is 6.07 Å². The quantitative estimate of drug-likeness (QED) is 0.221. The summed E-state index contributed by atoms with van der Waals surface area (Å²) in [6.07, 6.45) is 2.06. The molecular formula is C19H34FIN4O. The highest BCUT2D eigenvalue weighted by molar-refractivity contribution is 14.0. The molecule has 150 valence electrons. The molecule has 1 rings (SSSR count). The van der Waals surface area contributed by atoms with Crippen molar-refractivity contribution in [2.24, 2.45) is 4.99 Å². The van der Waals surface area contributed by atoms with E-state index in [1.807, 2.05) is 34.0 Å². The van der Waals surface area contributed by atoms with Crippen LogP contribution in [-0.4, -0.2) is 57.8 Å². The molecule has 5 nitrogen and oxygen atoms in total. The van der Waals surface area contributed by atoms with Crippen LogP contribution in [0.25, 0.3) is 0 Å².